The molecular formula is C17H14F3N. The predicted octanol–water partition coefficient (Wildman–Crippen LogP) is 4.95. The van der Waals surface area contributed by atoms with E-state index in [1.54, 1.807) is 6.20 Å². The molecule has 0 unspecified atom stereocenters. The fourth-order valence-electron chi connectivity index (χ4n) is 2.69. The zero-order valence-corrected chi connectivity index (χ0v) is 11.6. The Hall–Kier alpha value is -2.10. The Balaban J connectivity index is 2.01. The average Bonchev–Trinajstić information content (AvgIpc) is 2.83. The second-order valence-corrected chi connectivity index (χ2v) is 5.45. The zero-order valence-electron chi connectivity index (χ0n) is 11.6. The molecular weight excluding hydrogens is 275 g/mol. The predicted molar refractivity (Wildman–Crippen MR) is 79.0 cm³/mol. The maximum Gasteiger partial charge on any atom is 0.416 e. The van der Waals surface area contributed by atoms with Crippen molar-refractivity contribution < 1.29 is 13.2 Å². The molecule has 1 nitrogen and oxygen atoms in total. The molecule has 0 amide bonds. The summed E-state index contributed by atoms with van der Waals surface area (Å²) in [4.78, 5) is 4.22. The van der Waals surface area contributed by atoms with E-state index in [1.165, 1.54) is 6.08 Å². The SMILES string of the molecule is C=C1Cc2ccc(C3=CN=C(C)C3)cc2C=C1C(F)(F)F. The molecule has 1 heterocycles. The summed E-state index contributed by atoms with van der Waals surface area (Å²) >= 11 is 0. The molecule has 0 saturated heterocycles. The van der Waals surface area contributed by atoms with Crippen LogP contribution in [0.5, 0.6) is 0 Å². The van der Waals surface area contributed by atoms with Crippen molar-refractivity contribution in [1.82, 2.24) is 0 Å². The number of rotatable bonds is 1. The smallest absolute Gasteiger partial charge is 0.265 e. The van der Waals surface area contributed by atoms with E-state index in [0.717, 1.165) is 28.8 Å². The lowest BCUT2D eigenvalue weighted by molar-refractivity contribution is -0.0886. The third kappa shape index (κ3) is 2.58. The number of allylic oxidation sites excluding steroid dienone is 3. The van der Waals surface area contributed by atoms with E-state index in [4.69, 9.17) is 0 Å². The molecule has 21 heavy (non-hydrogen) atoms. The van der Waals surface area contributed by atoms with Gasteiger partial charge in [0, 0.05) is 18.3 Å². The van der Waals surface area contributed by atoms with E-state index < -0.39 is 11.7 Å². The molecule has 1 aromatic carbocycles. The lowest BCUT2D eigenvalue weighted by atomic mass is 9.86. The molecule has 108 valence electrons. The average molecular weight is 289 g/mol. The van der Waals surface area contributed by atoms with Gasteiger partial charge in [0.25, 0.3) is 0 Å². The quantitative estimate of drug-likeness (QED) is 0.693. The highest BCUT2D eigenvalue weighted by atomic mass is 19.4. The summed E-state index contributed by atoms with van der Waals surface area (Å²) in [7, 11) is 0. The Morgan fingerprint density at radius 3 is 2.57 bits per heavy atom. The molecule has 0 radical (unpaired) electrons. The summed E-state index contributed by atoms with van der Waals surface area (Å²) in [6, 6.07) is 5.64. The van der Waals surface area contributed by atoms with Gasteiger partial charge in [-0.15, -0.1) is 0 Å². The minimum Gasteiger partial charge on any atom is -0.265 e. The first-order chi connectivity index (χ1) is 9.84. The van der Waals surface area contributed by atoms with Crippen molar-refractivity contribution in [2.75, 3.05) is 0 Å². The first kappa shape index (κ1) is 13.9. The minimum absolute atomic E-state index is 0.127. The Bertz CT molecular complexity index is 718. The zero-order chi connectivity index (χ0) is 15.2. The lowest BCUT2D eigenvalue weighted by Crippen LogP contribution is -2.17. The molecule has 0 saturated carbocycles. The minimum atomic E-state index is -4.35. The van der Waals surface area contributed by atoms with Crippen LogP contribution in [0.2, 0.25) is 0 Å². The van der Waals surface area contributed by atoms with Gasteiger partial charge in [-0.05, 0) is 53.3 Å². The van der Waals surface area contributed by atoms with Gasteiger partial charge < -0.3 is 0 Å². The molecule has 0 atom stereocenters. The molecule has 0 spiro atoms. The monoisotopic (exact) mass is 289 g/mol. The standard InChI is InChI=1S/C17H14F3N/c1-10-5-12-3-4-13(15-6-11(2)21-9-15)7-14(12)8-16(10)17(18,19)20/h3-4,7-9H,1,5-6H2,2H3. The second kappa shape index (κ2) is 4.72. The van der Waals surface area contributed by atoms with E-state index in [9.17, 15) is 13.2 Å². The molecule has 0 aromatic heterocycles. The van der Waals surface area contributed by atoms with Crippen LogP contribution >= 0.6 is 0 Å². The molecule has 0 N–H and O–H groups in total. The fraction of sp³-hybridized carbons (Fsp3) is 0.235. The highest BCUT2D eigenvalue weighted by molar-refractivity contribution is 5.97. The molecule has 0 fully saturated rings. The lowest BCUT2D eigenvalue weighted by Gasteiger charge is -2.21. The molecule has 1 aliphatic carbocycles. The van der Waals surface area contributed by atoms with Crippen LogP contribution in [0.1, 0.15) is 30.0 Å². The number of hydrogen-bond acceptors (Lipinski definition) is 1. The van der Waals surface area contributed by atoms with Crippen LogP contribution in [0.25, 0.3) is 11.6 Å². The Labute approximate surface area is 121 Å². The van der Waals surface area contributed by atoms with Gasteiger partial charge in [0.05, 0.1) is 5.57 Å². The van der Waals surface area contributed by atoms with Gasteiger partial charge in [-0.3, -0.25) is 4.99 Å². The molecule has 2 aliphatic rings. The maximum atomic E-state index is 13.0. The van der Waals surface area contributed by atoms with Crippen molar-refractivity contribution in [2.45, 2.75) is 25.9 Å². The third-order valence-corrected chi connectivity index (χ3v) is 3.79. The number of halogens is 3. The topological polar surface area (TPSA) is 12.4 Å². The summed E-state index contributed by atoms with van der Waals surface area (Å²) in [6.45, 7) is 5.49. The summed E-state index contributed by atoms with van der Waals surface area (Å²) < 4.78 is 38.9. The van der Waals surface area contributed by atoms with E-state index in [1.807, 2.05) is 25.1 Å². The van der Waals surface area contributed by atoms with E-state index in [0.29, 0.717) is 5.56 Å². The maximum absolute atomic E-state index is 13.0. The van der Waals surface area contributed by atoms with E-state index in [-0.39, 0.29) is 12.0 Å². The molecule has 0 bridgehead atoms. The van der Waals surface area contributed by atoms with Gasteiger partial charge in [0.2, 0.25) is 0 Å². The van der Waals surface area contributed by atoms with Crippen molar-refractivity contribution in [3.63, 3.8) is 0 Å². The summed E-state index contributed by atoms with van der Waals surface area (Å²) in [5.41, 5.74) is 4.00. The molecule has 1 aromatic rings. The van der Waals surface area contributed by atoms with Crippen molar-refractivity contribution in [2.24, 2.45) is 4.99 Å². The molecule has 1 aliphatic heterocycles. The summed E-state index contributed by atoms with van der Waals surface area (Å²) in [6.07, 6.45) is -0.366. The largest absolute Gasteiger partial charge is 0.416 e. The summed E-state index contributed by atoms with van der Waals surface area (Å²) in [5.74, 6) is 0. The normalized spacial score (nSPS) is 18.1. The second-order valence-electron chi connectivity index (χ2n) is 5.45. The first-order valence-corrected chi connectivity index (χ1v) is 6.67. The van der Waals surface area contributed by atoms with Gasteiger partial charge in [0.1, 0.15) is 0 Å². The van der Waals surface area contributed by atoms with E-state index in [2.05, 4.69) is 11.6 Å². The van der Waals surface area contributed by atoms with Crippen molar-refractivity contribution in [3.05, 3.63) is 58.8 Å². The van der Waals surface area contributed by atoms with Crippen molar-refractivity contribution >= 4 is 17.4 Å². The molecule has 3 rings (SSSR count). The van der Waals surface area contributed by atoms with Crippen LogP contribution in [0, 0.1) is 0 Å². The van der Waals surface area contributed by atoms with Crippen LogP contribution < -0.4 is 0 Å². The third-order valence-electron chi connectivity index (χ3n) is 3.79. The van der Waals surface area contributed by atoms with Gasteiger partial charge in [0.15, 0.2) is 0 Å². The van der Waals surface area contributed by atoms with Gasteiger partial charge in [-0.25, -0.2) is 0 Å². The van der Waals surface area contributed by atoms with Gasteiger partial charge in [-0.1, -0.05) is 18.7 Å². The fourth-order valence-corrected chi connectivity index (χ4v) is 2.69. The summed E-state index contributed by atoms with van der Waals surface area (Å²) in [5, 5.41) is 0. The Morgan fingerprint density at radius 1 is 1.19 bits per heavy atom. The van der Waals surface area contributed by atoms with Crippen LogP contribution in [-0.4, -0.2) is 11.9 Å². The number of aliphatic imine (C=N–C) groups is 1. The van der Waals surface area contributed by atoms with Crippen LogP contribution in [0.4, 0.5) is 13.2 Å². The van der Waals surface area contributed by atoms with Gasteiger partial charge >= 0.3 is 6.18 Å². The number of fused-ring (bicyclic) bond motifs is 1. The molecule has 4 heteroatoms. The number of nitrogens with zero attached hydrogens (tertiary/aromatic N) is 1. The van der Waals surface area contributed by atoms with Crippen LogP contribution in [0.3, 0.4) is 0 Å². The highest BCUT2D eigenvalue weighted by Crippen LogP contribution is 2.38. The van der Waals surface area contributed by atoms with Gasteiger partial charge in [-0.2, -0.15) is 13.2 Å². The van der Waals surface area contributed by atoms with Crippen molar-refractivity contribution in [3.8, 4) is 0 Å². The Kier molecular flexibility index (Phi) is 3.12. The number of alkyl halides is 3. The van der Waals surface area contributed by atoms with Crippen molar-refractivity contribution in [1.29, 1.82) is 0 Å². The highest BCUT2D eigenvalue weighted by Gasteiger charge is 2.36. The van der Waals surface area contributed by atoms with Crippen LogP contribution in [-0.2, 0) is 6.42 Å². The van der Waals surface area contributed by atoms with Crippen LogP contribution in [0.15, 0.2) is 47.1 Å². The first-order valence-electron chi connectivity index (χ1n) is 6.67. The number of benzene rings is 1. The van der Waals surface area contributed by atoms with E-state index >= 15 is 0 Å². The Morgan fingerprint density at radius 2 is 1.95 bits per heavy atom. The number of hydrogen-bond donors (Lipinski definition) is 0.